The van der Waals surface area contributed by atoms with Crippen LogP contribution in [0.2, 0.25) is 0 Å². The van der Waals surface area contributed by atoms with Crippen molar-refractivity contribution in [3.8, 4) is 5.75 Å². The van der Waals surface area contributed by atoms with E-state index >= 15 is 0 Å². The van der Waals surface area contributed by atoms with Crippen molar-refractivity contribution in [2.75, 3.05) is 32.2 Å². The molecule has 1 fully saturated rings. The van der Waals surface area contributed by atoms with E-state index in [0.29, 0.717) is 29.2 Å². The fourth-order valence-corrected chi connectivity index (χ4v) is 2.95. The Labute approximate surface area is 174 Å². The molecule has 0 bridgehead atoms. The Kier molecular flexibility index (Phi) is 7.40. The number of hydrogen-bond donors (Lipinski definition) is 2. The van der Waals surface area contributed by atoms with Crippen molar-refractivity contribution in [2.45, 2.75) is 18.9 Å². The SMILES string of the molecule is CNC(=O)c1cccc(NC(=O)COC(=O)c2ccc(OCC3CCCO3)cc2)c1. The molecule has 3 rings (SSSR count). The summed E-state index contributed by atoms with van der Waals surface area (Å²) in [7, 11) is 1.52. The quantitative estimate of drug-likeness (QED) is 0.646. The Morgan fingerprint density at radius 3 is 2.60 bits per heavy atom. The van der Waals surface area contributed by atoms with Gasteiger partial charge in [0.25, 0.3) is 11.8 Å². The Morgan fingerprint density at radius 2 is 1.90 bits per heavy atom. The zero-order valence-electron chi connectivity index (χ0n) is 16.7. The summed E-state index contributed by atoms with van der Waals surface area (Å²) < 4.78 is 16.2. The van der Waals surface area contributed by atoms with Crippen molar-refractivity contribution in [2.24, 2.45) is 0 Å². The smallest absolute Gasteiger partial charge is 0.338 e. The highest BCUT2D eigenvalue weighted by Crippen LogP contribution is 2.17. The van der Waals surface area contributed by atoms with E-state index in [-0.39, 0.29) is 12.0 Å². The number of anilines is 1. The van der Waals surface area contributed by atoms with Crippen LogP contribution >= 0.6 is 0 Å². The summed E-state index contributed by atoms with van der Waals surface area (Å²) in [5, 5.41) is 5.10. The van der Waals surface area contributed by atoms with Crippen LogP contribution in [0.25, 0.3) is 0 Å². The van der Waals surface area contributed by atoms with Gasteiger partial charge in [0.15, 0.2) is 6.61 Å². The van der Waals surface area contributed by atoms with Gasteiger partial charge in [0.1, 0.15) is 12.4 Å². The predicted octanol–water partition coefficient (Wildman–Crippen LogP) is 2.40. The van der Waals surface area contributed by atoms with Crippen LogP contribution in [0, 0.1) is 0 Å². The molecule has 1 aliphatic rings. The van der Waals surface area contributed by atoms with E-state index < -0.39 is 18.5 Å². The summed E-state index contributed by atoms with van der Waals surface area (Å²) in [5.41, 5.74) is 1.16. The largest absolute Gasteiger partial charge is 0.491 e. The van der Waals surface area contributed by atoms with E-state index in [2.05, 4.69) is 10.6 Å². The van der Waals surface area contributed by atoms with Gasteiger partial charge in [0.2, 0.25) is 0 Å². The number of ether oxygens (including phenoxy) is 3. The van der Waals surface area contributed by atoms with Crippen molar-refractivity contribution in [3.05, 3.63) is 59.7 Å². The van der Waals surface area contributed by atoms with Crippen LogP contribution in [0.1, 0.15) is 33.6 Å². The maximum atomic E-state index is 12.1. The van der Waals surface area contributed by atoms with Crippen molar-refractivity contribution in [3.63, 3.8) is 0 Å². The van der Waals surface area contributed by atoms with E-state index in [4.69, 9.17) is 14.2 Å². The van der Waals surface area contributed by atoms with Crippen LogP contribution in [-0.4, -0.2) is 50.8 Å². The molecule has 2 aromatic carbocycles. The number of benzene rings is 2. The average Bonchev–Trinajstić information content (AvgIpc) is 3.30. The van der Waals surface area contributed by atoms with Gasteiger partial charge in [0, 0.05) is 24.9 Å². The zero-order valence-corrected chi connectivity index (χ0v) is 16.7. The standard InChI is InChI=1S/C22H24N2O6/c1-23-21(26)16-4-2-5-17(12-16)24-20(25)14-30-22(27)15-7-9-18(10-8-15)29-13-19-6-3-11-28-19/h2,4-5,7-10,12,19H,3,6,11,13-14H2,1H3,(H,23,26)(H,24,25). The average molecular weight is 412 g/mol. The number of carbonyl (C=O) groups is 3. The van der Waals surface area contributed by atoms with Gasteiger partial charge in [-0.1, -0.05) is 6.07 Å². The fourth-order valence-electron chi connectivity index (χ4n) is 2.95. The van der Waals surface area contributed by atoms with Crippen molar-refractivity contribution in [1.29, 1.82) is 0 Å². The lowest BCUT2D eigenvalue weighted by atomic mass is 10.2. The number of carbonyl (C=O) groups excluding carboxylic acids is 3. The summed E-state index contributed by atoms with van der Waals surface area (Å²) in [6, 6.07) is 13.0. The summed E-state index contributed by atoms with van der Waals surface area (Å²) in [4.78, 5) is 35.8. The molecular weight excluding hydrogens is 388 g/mol. The molecule has 2 aromatic rings. The molecule has 8 heteroatoms. The molecule has 0 spiro atoms. The summed E-state index contributed by atoms with van der Waals surface area (Å²) in [6.45, 7) is 0.803. The Morgan fingerprint density at radius 1 is 1.10 bits per heavy atom. The number of hydrogen-bond acceptors (Lipinski definition) is 6. The molecule has 0 radical (unpaired) electrons. The van der Waals surface area contributed by atoms with Gasteiger partial charge in [0.05, 0.1) is 11.7 Å². The molecule has 1 heterocycles. The normalized spacial score (nSPS) is 15.3. The van der Waals surface area contributed by atoms with Crippen LogP contribution in [-0.2, 0) is 14.3 Å². The van der Waals surface area contributed by atoms with E-state index in [1.165, 1.54) is 13.1 Å². The molecule has 1 unspecified atom stereocenters. The first-order valence-electron chi connectivity index (χ1n) is 9.69. The van der Waals surface area contributed by atoms with Crippen molar-refractivity contribution >= 4 is 23.5 Å². The van der Waals surface area contributed by atoms with E-state index in [1.807, 2.05) is 0 Å². The molecular formula is C22H24N2O6. The van der Waals surface area contributed by atoms with Crippen LogP contribution in [0.3, 0.4) is 0 Å². The Hall–Kier alpha value is -3.39. The van der Waals surface area contributed by atoms with Crippen LogP contribution < -0.4 is 15.4 Å². The fraction of sp³-hybridized carbons (Fsp3) is 0.318. The number of esters is 1. The third kappa shape index (κ3) is 6.05. The molecule has 1 atom stereocenters. The van der Waals surface area contributed by atoms with E-state index in [0.717, 1.165) is 19.4 Å². The molecule has 0 aromatic heterocycles. The maximum absolute atomic E-state index is 12.1. The third-order valence-electron chi connectivity index (χ3n) is 4.52. The molecule has 1 saturated heterocycles. The monoisotopic (exact) mass is 412 g/mol. The molecule has 30 heavy (non-hydrogen) atoms. The second-order valence-corrected chi connectivity index (χ2v) is 6.75. The summed E-state index contributed by atoms with van der Waals surface area (Å²) in [5.74, 6) is -0.750. The van der Waals surface area contributed by atoms with Crippen LogP contribution in [0.15, 0.2) is 48.5 Å². The van der Waals surface area contributed by atoms with Crippen molar-refractivity contribution in [1.82, 2.24) is 5.32 Å². The molecule has 0 aliphatic carbocycles. The van der Waals surface area contributed by atoms with Gasteiger partial charge in [-0.25, -0.2) is 4.79 Å². The predicted molar refractivity (Wildman–Crippen MR) is 110 cm³/mol. The van der Waals surface area contributed by atoms with Gasteiger partial charge in [-0.3, -0.25) is 9.59 Å². The first-order chi connectivity index (χ1) is 14.5. The topological polar surface area (TPSA) is 103 Å². The molecule has 0 saturated carbocycles. The number of nitrogens with one attached hydrogen (secondary N) is 2. The second kappa shape index (κ2) is 10.4. The second-order valence-electron chi connectivity index (χ2n) is 6.75. The van der Waals surface area contributed by atoms with Gasteiger partial charge >= 0.3 is 5.97 Å². The van der Waals surface area contributed by atoms with Crippen molar-refractivity contribution < 1.29 is 28.6 Å². The lowest BCUT2D eigenvalue weighted by Gasteiger charge is -2.11. The highest BCUT2D eigenvalue weighted by atomic mass is 16.5. The first-order valence-corrected chi connectivity index (χ1v) is 9.69. The zero-order chi connectivity index (χ0) is 21.3. The molecule has 158 valence electrons. The lowest BCUT2D eigenvalue weighted by Crippen LogP contribution is -2.22. The Bertz CT molecular complexity index is 891. The van der Waals surface area contributed by atoms with Crippen LogP contribution in [0.5, 0.6) is 5.75 Å². The minimum atomic E-state index is -0.616. The van der Waals surface area contributed by atoms with Gasteiger partial charge < -0.3 is 24.8 Å². The van der Waals surface area contributed by atoms with E-state index in [1.54, 1.807) is 42.5 Å². The summed E-state index contributed by atoms with van der Waals surface area (Å²) >= 11 is 0. The summed E-state index contributed by atoms with van der Waals surface area (Å²) in [6.07, 6.45) is 2.15. The highest BCUT2D eigenvalue weighted by molar-refractivity contribution is 5.98. The van der Waals surface area contributed by atoms with Gasteiger partial charge in [-0.15, -0.1) is 0 Å². The first kappa shape index (κ1) is 21.3. The number of amides is 2. The Balaban J connectivity index is 1.45. The minimum Gasteiger partial charge on any atom is -0.491 e. The van der Waals surface area contributed by atoms with Crippen LogP contribution in [0.4, 0.5) is 5.69 Å². The van der Waals surface area contributed by atoms with Gasteiger partial charge in [-0.05, 0) is 55.3 Å². The third-order valence-corrected chi connectivity index (χ3v) is 4.52. The highest BCUT2D eigenvalue weighted by Gasteiger charge is 2.16. The number of rotatable bonds is 8. The lowest BCUT2D eigenvalue weighted by molar-refractivity contribution is -0.119. The molecule has 1 aliphatic heterocycles. The molecule has 2 N–H and O–H groups in total. The molecule has 8 nitrogen and oxygen atoms in total. The van der Waals surface area contributed by atoms with E-state index in [9.17, 15) is 14.4 Å². The minimum absolute atomic E-state index is 0.116. The maximum Gasteiger partial charge on any atom is 0.338 e. The molecule has 2 amide bonds. The van der Waals surface area contributed by atoms with Gasteiger partial charge in [-0.2, -0.15) is 0 Å².